The minimum atomic E-state index is -0.308. The van der Waals surface area contributed by atoms with E-state index in [2.05, 4.69) is 5.32 Å². The molecule has 0 aliphatic carbocycles. The number of aryl methyl sites for hydroxylation is 2. The van der Waals surface area contributed by atoms with E-state index < -0.39 is 0 Å². The fourth-order valence-electron chi connectivity index (χ4n) is 2.00. The van der Waals surface area contributed by atoms with Crippen molar-refractivity contribution < 1.29 is 9.53 Å². The number of anilines is 2. The van der Waals surface area contributed by atoms with Crippen LogP contribution in [0.5, 0.6) is 0 Å². The molecular formula is C13H18N2O2. The summed E-state index contributed by atoms with van der Waals surface area (Å²) in [6.45, 7) is 4.58. The lowest BCUT2D eigenvalue weighted by atomic mass is 10.1. The number of hydrogen-bond acceptors (Lipinski definition) is 3. The van der Waals surface area contributed by atoms with Gasteiger partial charge in [0, 0.05) is 18.0 Å². The first kappa shape index (κ1) is 11.9. The van der Waals surface area contributed by atoms with Crippen molar-refractivity contribution in [2.45, 2.75) is 32.8 Å². The predicted octanol–water partition coefficient (Wildman–Crippen LogP) is 2.00. The van der Waals surface area contributed by atoms with Gasteiger partial charge in [0.05, 0.1) is 0 Å². The van der Waals surface area contributed by atoms with Gasteiger partial charge in [0.2, 0.25) is 0 Å². The maximum Gasteiger partial charge on any atom is 0.253 e. The third kappa shape index (κ3) is 2.58. The third-order valence-electron chi connectivity index (χ3n) is 3.09. The van der Waals surface area contributed by atoms with Gasteiger partial charge in [-0.15, -0.1) is 0 Å². The molecule has 17 heavy (non-hydrogen) atoms. The molecule has 4 heteroatoms. The average molecular weight is 234 g/mol. The standard InChI is InChI=1S/C13H18N2O2/c1-8-6-9(2)11(7-10(8)14)15-13(16)12-4-3-5-17-12/h6-7,12H,3-5,14H2,1-2H3,(H,15,16). The van der Waals surface area contributed by atoms with E-state index in [0.29, 0.717) is 12.3 Å². The van der Waals surface area contributed by atoms with E-state index >= 15 is 0 Å². The molecule has 0 bridgehead atoms. The lowest BCUT2D eigenvalue weighted by molar-refractivity contribution is -0.124. The van der Waals surface area contributed by atoms with Gasteiger partial charge in [-0.2, -0.15) is 0 Å². The number of ether oxygens (including phenoxy) is 1. The number of rotatable bonds is 2. The Hall–Kier alpha value is -1.55. The summed E-state index contributed by atoms with van der Waals surface area (Å²) in [6, 6.07) is 3.78. The number of nitrogens with two attached hydrogens (primary N) is 1. The van der Waals surface area contributed by atoms with Crippen LogP contribution in [0.4, 0.5) is 11.4 Å². The Balaban J connectivity index is 2.12. The Kier molecular flexibility index (Phi) is 3.33. The molecule has 2 rings (SSSR count). The summed E-state index contributed by atoms with van der Waals surface area (Å²) in [5.41, 5.74) is 9.34. The van der Waals surface area contributed by atoms with Gasteiger partial charge in [0.15, 0.2) is 0 Å². The quantitative estimate of drug-likeness (QED) is 0.769. The van der Waals surface area contributed by atoms with Crippen molar-refractivity contribution in [1.29, 1.82) is 0 Å². The number of benzene rings is 1. The van der Waals surface area contributed by atoms with Crippen LogP contribution in [0.25, 0.3) is 0 Å². The summed E-state index contributed by atoms with van der Waals surface area (Å²) in [7, 11) is 0. The van der Waals surface area contributed by atoms with Crippen LogP contribution >= 0.6 is 0 Å². The second-order valence-corrected chi connectivity index (χ2v) is 4.51. The minimum absolute atomic E-state index is 0.0751. The topological polar surface area (TPSA) is 64.3 Å². The highest BCUT2D eigenvalue weighted by molar-refractivity contribution is 5.95. The van der Waals surface area contributed by atoms with Crippen LogP contribution in [-0.2, 0) is 9.53 Å². The third-order valence-corrected chi connectivity index (χ3v) is 3.09. The van der Waals surface area contributed by atoms with Gasteiger partial charge >= 0.3 is 0 Å². The smallest absolute Gasteiger partial charge is 0.253 e. The van der Waals surface area contributed by atoms with Crippen molar-refractivity contribution in [2.75, 3.05) is 17.7 Å². The first-order valence-electron chi connectivity index (χ1n) is 5.87. The number of carbonyl (C=O) groups excluding carboxylic acids is 1. The van der Waals surface area contributed by atoms with Crippen molar-refractivity contribution in [2.24, 2.45) is 0 Å². The van der Waals surface area contributed by atoms with Gasteiger partial charge in [-0.25, -0.2) is 0 Å². The normalized spacial score (nSPS) is 19.3. The van der Waals surface area contributed by atoms with Gasteiger partial charge in [-0.3, -0.25) is 4.79 Å². The van der Waals surface area contributed by atoms with Crippen LogP contribution in [0.15, 0.2) is 12.1 Å². The minimum Gasteiger partial charge on any atom is -0.398 e. The van der Waals surface area contributed by atoms with E-state index in [1.807, 2.05) is 19.9 Å². The van der Waals surface area contributed by atoms with Crippen molar-refractivity contribution >= 4 is 17.3 Å². The zero-order valence-corrected chi connectivity index (χ0v) is 10.2. The summed E-state index contributed by atoms with van der Waals surface area (Å²) >= 11 is 0. The van der Waals surface area contributed by atoms with E-state index in [0.717, 1.165) is 29.7 Å². The molecule has 0 radical (unpaired) electrons. The molecule has 3 N–H and O–H groups in total. The Morgan fingerprint density at radius 1 is 1.41 bits per heavy atom. The van der Waals surface area contributed by atoms with Crippen molar-refractivity contribution in [3.8, 4) is 0 Å². The molecule has 1 atom stereocenters. The summed E-state index contributed by atoms with van der Waals surface area (Å²) < 4.78 is 5.34. The maximum absolute atomic E-state index is 11.9. The van der Waals surface area contributed by atoms with E-state index in [1.165, 1.54) is 0 Å². The summed E-state index contributed by atoms with van der Waals surface area (Å²) in [6.07, 6.45) is 1.44. The number of hydrogen-bond donors (Lipinski definition) is 2. The molecule has 0 spiro atoms. The fourth-order valence-corrected chi connectivity index (χ4v) is 2.00. The number of amides is 1. The molecule has 1 heterocycles. The zero-order chi connectivity index (χ0) is 12.4. The van der Waals surface area contributed by atoms with Crippen LogP contribution in [0.2, 0.25) is 0 Å². The van der Waals surface area contributed by atoms with E-state index in [-0.39, 0.29) is 12.0 Å². The van der Waals surface area contributed by atoms with Crippen LogP contribution in [-0.4, -0.2) is 18.6 Å². The highest BCUT2D eigenvalue weighted by atomic mass is 16.5. The second-order valence-electron chi connectivity index (χ2n) is 4.51. The summed E-state index contributed by atoms with van der Waals surface area (Å²) in [5.74, 6) is -0.0751. The SMILES string of the molecule is Cc1cc(C)c(NC(=O)C2CCCO2)cc1N. The van der Waals surface area contributed by atoms with Gasteiger partial charge < -0.3 is 15.8 Å². The molecule has 1 unspecified atom stereocenters. The Morgan fingerprint density at radius 3 is 2.82 bits per heavy atom. The molecule has 1 aromatic rings. The molecule has 1 amide bonds. The first-order chi connectivity index (χ1) is 8.08. The molecule has 92 valence electrons. The van der Waals surface area contributed by atoms with Crippen LogP contribution < -0.4 is 11.1 Å². The molecule has 1 saturated heterocycles. The average Bonchev–Trinajstić information content (AvgIpc) is 2.79. The van der Waals surface area contributed by atoms with Crippen LogP contribution in [0.1, 0.15) is 24.0 Å². The van der Waals surface area contributed by atoms with Gasteiger partial charge in [0.25, 0.3) is 5.91 Å². The van der Waals surface area contributed by atoms with E-state index in [4.69, 9.17) is 10.5 Å². The molecular weight excluding hydrogens is 216 g/mol. The van der Waals surface area contributed by atoms with Crippen molar-refractivity contribution in [3.63, 3.8) is 0 Å². The van der Waals surface area contributed by atoms with Crippen LogP contribution in [0, 0.1) is 13.8 Å². The zero-order valence-electron chi connectivity index (χ0n) is 10.2. The van der Waals surface area contributed by atoms with Crippen molar-refractivity contribution in [3.05, 3.63) is 23.3 Å². The summed E-state index contributed by atoms with van der Waals surface area (Å²) in [4.78, 5) is 11.9. The second kappa shape index (κ2) is 4.75. The Morgan fingerprint density at radius 2 is 2.18 bits per heavy atom. The van der Waals surface area contributed by atoms with Gasteiger partial charge in [-0.1, -0.05) is 6.07 Å². The number of carbonyl (C=O) groups is 1. The first-order valence-corrected chi connectivity index (χ1v) is 5.87. The highest BCUT2D eigenvalue weighted by Gasteiger charge is 2.23. The molecule has 1 aliphatic rings. The molecule has 1 fully saturated rings. The molecule has 0 saturated carbocycles. The van der Waals surface area contributed by atoms with E-state index in [1.54, 1.807) is 6.07 Å². The predicted molar refractivity (Wildman–Crippen MR) is 67.9 cm³/mol. The van der Waals surface area contributed by atoms with Crippen molar-refractivity contribution in [1.82, 2.24) is 0 Å². The Bertz CT molecular complexity index is 437. The molecule has 4 nitrogen and oxygen atoms in total. The lowest BCUT2D eigenvalue weighted by Gasteiger charge is -2.14. The highest BCUT2D eigenvalue weighted by Crippen LogP contribution is 2.23. The Labute approximate surface area is 101 Å². The fraction of sp³-hybridized carbons (Fsp3) is 0.462. The van der Waals surface area contributed by atoms with Gasteiger partial charge in [0.1, 0.15) is 6.10 Å². The summed E-state index contributed by atoms with van der Waals surface area (Å²) in [5, 5.41) is 2.88. The van der Waals surface area contributed by atoms with Crippen LogP contribution in [0.3, 0.4) is 0 Å². The lowest BCUT2D eigenvalue weighted by Crippen LogP contribution is -2.27. The molecule has 1 aliphatic heterocycles. The number of nitrogens with one attached hydrogen (secondary N) is 1. The largest absolute Gasteiger partial charge is 0.398 e. The monoisotopic (exact) mass is 234 g/mol. The molecule has 0 aromatic heterocycles. The maximum atomic E-state index is 11.9. The van der Waals surface area contributed by atoms with E-state index in [9.17, 15) is 4.79 Å². The van der Waals surface area contributed by atoms with Gasteiger partial charge in [-0.05, 0) is 43.9 Å². The molecule has 1 aromatic carbocycles. The number of nitrogen functional groups attached to an aromatic ring is 1.